The van der Waals surface area contributed by atoms with Crippen LogP contribution in [0.3, 0.4) is 0 Å². The molecule has 13 heavy (non-hydrogen) atoms. The fourth-order valence-corrected chi connectivity index (χ4v) is 1.78. The normalized spacial score (nSPS) is 25.5. The Balaban J connectivity index is 2.68. The van der Waals surface area contributed by atoms with E-state index in [4.69, 9.17) is 5.26 Å². The average molecular weight is 180 g/mol. The van der Waals surface area contributed by atoms with Crippen LogP contribution in [0.5, 0.6) is 0 Å². The minimum atomic E-state index is -0.213. The highest BCUT2D eigenvalue weighted by atomic mass is 16.2. The van der Waals surface area contributed by atoms with Gasteiger partial charge in [-0.25, -0.2) is 0 Å². The van der Waals surface area contributed by atoms with Crippen molar-refractivity contribution in [3.63, 3.8) is 0 Å². The first-order chi connectivity index (χ1) is 6.20. The van der Waals surface area contributed by atoms with Crippen molar-refractivity contribution >= 4 is 5.91 Å². The molecular weight excluding hydrogens is 164 g/mol. The van der Waals surface area contributed by atoms with Gasteiger partial charge < -0.3 is 4.90 Å². The molecule has 72 valence electrons. The van der Waals surface area contributed by atoms with Gasteiger partial charge in [-0.05, 0) is 19.3 Å². The van der Waals surface area contributed by atoms with E-state index in [9.17, 15) is 4.79 Å². The Hall–Kier alpha value is -1.04. The smallest absolute Gasteiger partial charge is 0.226 e. The van der Waals surface area contributed by atoms with Crippen LogP contribution in [-0.2, 0) is 4.79 Å². The maximum Gasteiger partial charge on any atom is 0.226 e. The van der Waals surface area contributed by atoms with E-state index in [2.05, 4.69) is 6.07 Å². The molecule has 0 N–H and O–H groups in total. The molecule has 1 rings (SSSR count). The standard InChI is InChI=1S/C10H16N2O/c1-3-9(7-11)12-6-4-5-8(2)10(12)13/h8-9H,3-6H2,1-2H3. The van der Waals surface area contributed by atoms with Crippen molar-refractivity contribution in [3.8, 4) is 6.07 Å². The number of carbonyl (C=O) groups is 1. The number of hydrogen-bond donors (Lipinski definition) is 0. The van der Waals surface area contributed by atoms with Crippen LogP contribution in [0.4, 0.5) is 0 Å². The lowest BCUT2D eigenvalue weighted by atomic mass is 9.97. The molecule has 1 aliphatic heterocycles. The summed E-state index contributed by atoms with van der Waals surface area (Å²) in [6, 6.07) is 1.96. The topological polar surface area (TPSA) is 44.1 Å². The quantitative estimate of drug-likeness (QED) is 0.647. The molecule has 1 aliphatic rings. The zero-order valence-corrected chi connectivity index (χ0v) is 8.29. The molecule has 1 heterocycles. The summed E-state index contributed by atoms with van der Waals surface area (Å²) in [6.07, 6.45) is 2.73. The fourth-order valence-electron chi connectivity index (χ4n) is 1.78. The highest BCUT2D eigenvalue weighted by Crippen LogP contribution is 2.20. The molecule has 0 radical (unpaired) electrons. The van der Waals surface area contributed by atoms with E-state index in [1.807, 2.05) is 13.8 Å². The van der Waals surface area contributed by atoms with Crippen LogP contribution in [0, 0.1) is 17.2 Å². The van der Waals surface area contributed by atoms with Crippen molar-refractivity contribution in [1.82, 2.24) is 4.90 Å². The van der Waals surface area contributed by atoms with Crippen LogP contribution in [-0.4, -0.2) is 23.4 Å². The number of nitriles is 1. The Kier molecular flexibility index (Phi) is 3.30. The van der Waals surface area contributed by atoms with Gasteiger partial charge in [-0.2, -0.15) is 5.26 Å². The molecule has 0 bridgehead atoms. The Labute approximate surface area is 79.3 Å². The fraction of sp³-hybridized carbons (Fsp3) is 0.800. The van der Waals surface area contributed by atoms with E-state index >= 15 is 0 Å². The van der Waals surface area contributed by atoms with Gasteiger partial charge in [0.05, 0.1) is 6.07 Å². The van der Waals surface area contributed by atoms with Gasteiger partial charge in [0.25, 0.3) is 0 Å². The lowest BCUT2D eigenvalue weighted by Gasteiger charge is -2.33. The largest absolute Gasteiger partial charge is 0.326 e. The molecule has 0 saturated carbocycles. The van der Waals surface area contributed by atoms with Crippen molar-refractivity contribution in [1.29, 1.82) is 5.26 Å². The molecule has 1 saturated heterocycles. The van der Waals surface area contributed by atoms with E-state index in [0.717, 1.165) is 25.8 Å². The number of likely N-dealkylation sites (tertiary alicyclic amines) is 1. The summed E-state index contributed by atoms with van der Waals surface area (Å²) in [6.45, 7) is 4.65. The third-order valence-corrected chi connectivity index (χ3v) is 2.65. The SMILES string of the molecule is CCC(C#N)N1CCCC(C)C1=O. The van der Waals surface area contributed by atoms with Crippen molar-refractivity contribution in [2.45, 2.75) is 39.2 Å². The first-order valence-electron chi connectivity index (χ1n) is 4.90. The predicted octanol–water partition coefficient (Wildman–Crippen LogP) is 1.55. The van der Waals surface area contributed by atoms with Gasteiger partial charge in [0.1, 0.15) is 6.04 Å². The summed E-state index contributed by atoms with van der Waals surface area (Å²) < 4.78 is 0. The van der Waals surface area contributed by atoms with E-state index < -0.39 is 0 Å². The van der Waals surface area contributed by atoms with Gasteiger partial charge in [0, 0.05) is 12.5 Å². The van der Waals surface area contributed by atoms with Crippen LogP contribution in [0.15, 0.2) is 0 Å². The van der Waals surface area contributed by atoms with Gasteiger partial charge in [-0.1, -0.05) is 13.8 Å². The molecule has 3 heteroatoms. The number of amides is 1. The van der Waals surface area contributed by atoms with E-state index in [1.54, 1.807) is 4.90 Å². The summed E-state index contributed by atoms with van der Waals surface area (Å²) in [4.78, 5) is 13.4. The zero-order valence-electron chi connectivity index (χ0n) is 8.29. The Morgan fingerprint density at radius 3 is 3.00 bits per heavy atom. The molecular formula is C10H16N2O. The Morgan fingerprint density at radius 1 is 1.77 bits per heavy atom. The first-order valence-corrected chi connectivity index (χ1v) is 4.90. The number of piperidine rings is 1. The molecule has 1 amide bonds. The van der Waals surface area contributed by atoms with Gasteiger partial charge in [-0.3, -0.25) is 4.79 Å². The van der Waals surface area contributed by atoms with E-state index in [0.29, 0.717) is 0 Å². The minimum absolute atomic E-state index is 0.108. The summed E-state index contributed by atoms with van der Waals surface area (Å²) in [7, 11) is 0. The molecule has 0 aliphatic carbocycles. The highest BCUT2D eigenvalue weighted by Gasteiger charge is 2.29. The molecule has 0 aromatic heterocycles. The Bertz CT molecular complexity index is 232. The number of rotatable bonds is 2. The molecule has 2 atom stereocenters. The third kappa shape index (κ3) is 2.00. The third-order valence-electron chi connectivity index (χ3n) is 2.65. The summed E-state index contributed by atoms with van der Waals surface area (Å²) >= 11 is 0. The predicted molar refractivity (Wildman–Crippen MR) is 49.8 cm³/mol. The van der Waals surface area contributed by atoms with Gasteiger partial charge in [0.15, 0.2) is 0 Å². The minimum Gasteiger partial charge on any atom is -0.326 e. The lowest BCUT2D eigenvalue weighted by molar-refractivity contribution is -0.139. The number of nitrogens with zero attached hydrogens (tertiary/aromatic N) is 2. The van der Waals surface area contributed by atoms with Gasteiger partial charge >= 0.3 is 0 Å². The van der Waals surface area contributed by atoms with E-state index in [-0.39, 0.29) is 17.9 Å². The van der Waals surface area contributed by atoms with Crippen molar-refractivity contribution in [2.24, 2.45) is 5.92 Å². The zero-order chi connectivity index (χ0) is 9.84. The van der Waals surface area contributed by atoms with Crippen molar-refractivity contribution in [3.05, 3.63) is 0 Å². The lowest BCUT2D eigenvalue weighted by Crippen LogP contribution is -2.45. The molecule has 1 fully saturated rings. The van der Waals surface area contributed by atoms with Crippen molar-refractivity contribution in [2.75, 3.05) is 6.54 Å². The average Bonchev–Trinajstić information content (AvgIpc) is 2.14. The second-order valence-electron chi connectivity index (χ2n) is 3.63. The van der Waals surface area contributed by atoms with Crippen LogP contribution in [0.25, 0.3) is 0 Å². The van der Waals surface area contributed by atoms with Crippen LogP contribution < -0.4 is 0 Å². The van der Waals surface area contributed by atoms with Crippen LogP contribution in [0.2, 0.25) is 0 Å². The summed E-state index contributed by atoms with van der Waals surface area (Å²) in [5, 5.41) is 8.84. The van der Waals surface area contributed by atoms with Gasteiger partial charge in [-0.15, -0.1) is 0 Å². The van der Waals surface area contributed by atoms with Crippen LogP contribution in [0.1, 0.15) is 33.1 Å². The maximum absolute atomic E-state index is 11.7. The second-order valence-corrected chi connectivity index (χ2v) is 3.63. The number of hydrogen-bond acceptors (Lipinski definition) is 2. The molecule has 0 spiro atoms. The van der Waals surface area contributed by atoms with Crippen molar-refractivity contribution < 1.29 is 4.79 Å². The van der Waals surface area contributed by atoms with Gasteiger partial charge in [0.2, 0.25) is 5.91 Å². The van der Waals surface area contributed by atoms with Crippen LogP contribution >= 0.6 is 0 Å². The molecule has 2 unspecified atom stereocenters. The first kappa shape index (κ1) is 10.0. The monoisotopic (exact) mass is 180 g/mol. The Morgan fingerprint density at radius 2 is 2.46 bits per heavy atom. The van der Waals surface area contributed by atoms with E-state index in [1.165, 1.54) is 0 Å². The summed E-state index contributed by atoms with van der Waals surface area (Å²) in [5.41, 5.74) is 0. The maximum atomic E-state index is 11.7. The molecule has 0 aromatic carbocycles. The number of carbonyl (C=O) groups excluding carboxylic acids is 1. The molecule has 3 nitrogen and oxygen atoms in total. The second kappa shape index (κ2) is 4.27. The molecule has 0 aromatic rings. The summed E-state index contributed by atoms with van der Waals surface area (Å²) in [5.74, 6) is 0.260. The highest BCUT2D eigenvalue weighted by molar-refractivity contribution is 5.79.